The summed E-state index contributed by atoms with van der Waals surface area (Å²) in [5.74, 6) is -0.124. The van der Waals surface area contributed by atoms with E-state index in [1.54, 1.807) is 11.8 Å². The molecule has 0 fully saturated rings. The van der Waals surface area contributed by atoms with Crippen molar-refractivity contribution in [2.24, 2.45) is 0 Å². The molecule has 0 aliphatic heterocycles. The van der Waals surface area contributed by atoms with Crippen molar-refractivity contribution in [1.82, 2.24) is 5.32 Å². The van der Waals surface area contributed by atoms with Gasteiger partial charge < -0.3 is 10.1 Å². The summed E-state index contributed by atoms with van der Waals surface area (Å²) in [6, 6.07) is -0.156. The van der Waals surface area contributed by atoms with E-state index in [1.807, 2.05) is 6.92 Å². The first-order valence-corrected chi connectivity index (χ1v) is 7.14. The Morgan fingerprint density at radius 3 is 2.50 bits per heavy atom. The van der Waals surface area contributed by atoms with E-state index in [0.29, 0.717) is 6.61 Å². The molecule has 0 radical (unpaired) electrons. The maximum absolute atomic E-state index is 11.6. The summed E-state index contributed by atoms with van der Waals surface area (Å²) in [6.45, 7) is 9.52. The van der Waals surface area contributed by atoms with Crippen molar-refractivity contribution in [2.75, 3.05) is 19.4 Å². The maximum atomic E-state index is 11.6. The summed E-state index contributed by atoms with van der Waals surface area (Å²) in [4.78, 5) is 11.6. The van der Waals surface area contributed by atoms with Gasteiger partial charge in [0.15, 0.2) is 0 Å². The average Bonchev–Trinajstić information content (AvgIpc) is 2.24. The third-order valence-electron chi connectivity index (χ3n) is 2.48. The first-order valence-electron chi connectivity index (χ1n) is 5.92. The van der Waals surface area contributed by atoms with Crippen LogP contribution in [0.3, 0.4) is 0 Å². The average molecular weight is 247 g/mol. The number of ether oxygens (including phenoxy) is 1. The Bertz CT molecular complexity index is 207. The van der Waals surface area contributed by atoms with Crippen molar-refractivity contribution in [3.8, 4) is 0 Å². The van der Waals surface area contributed by atoms with Crippen LogP contribution in [0.2, 0.25) is 0 Å². The van der Waals surface area contributed by atoms with Gasteiger partial charge in [-0.3, -0.25) is 4.79 Å². The zero-order chi connectivity index (χ0) is 12.6. The Morgan fingerprint density at radius 2 is 2.06 bits per heavy atom. The first kappa shape index (κ1) is 15.8. The minimum absolute atomic E-state index is 0.124. The first-order chi connectivity index (χ1) is 7.46. The monoisotopic (exact) mass is 247 g/mol. The summed E-state index contributed by atoms with van der Waals surface area (Å²) in [5.41, 5.74) is 0. The van der Waals surface area contributed by atoms with E-state index in [0.717, 1.165) is 19.4 Å². The summed E-state index contributed by atoms with van der Waals surface area (Å²) in [5, 5.41) is 3.30. The van der Waals surface area contributed by atoms with Crippen molar-refractivity contribution in [3.63, 3.8) is 0 Å². The highest BCUT2D eigenvalue weighted by Crippen LogP contribution is 2.20. The second kappa shape index (κ2) is 7.96. The molecule has 0 aliphatic carbocycles. The molecule has 4 heteroatoms. The van der Waals surface area contributed by atoms with E-state index in [4.69, 9.17) is 4.74 Å². The maximum Gasteiger partial charge on any atom is 0.323 e. The Labute approximate surface area is 104 Å². The molecular weight excluding hydrogens is 222 g/mol. The molecule has 16 heavy (non-hydrogen) atoms. The molecule has 0 spiro atoms. The molecule has 0 aromatic carbocycles. The van der Waals surface area contributed by atoms with Gasteiger partial charge in [0.1, 0.15) is 6.04 Å². The van der Waals surface area contributed by atoms with Gasteiger partial charge in [0.05, 0.1) is 6.61 Å². The van der Waals surface area contributed by atoms with Crippen LogP contribution in [-0.4, -0.2) is 36.2 Å². The van der Waals surface area contributed by atoms with Gasteiger partial charge in [-0.05, 0) is 33.4 Å². The fourth-order valence-electron chi connectivity index (χ4n) is 1.28. The Morgan fingerprint density at radius 1 is 1.44 bits per heavy atom. The normalized spacial score (nSPS) is 13.6. The van der Waals surface area contributed by atoms with Gasteiger partial charge in [-0.1, -0.05) is 13.3 Å². The quantitative estimate of drug-likeness (QED) is 0.669. The SMILES string of the molecule is CCCC(NCC(C)(C)SC)C(=O)OCC. The van der Waals surface area contributed by atoms with Gasteiger partial charge in [0, 0.05) is 11.3 Å². The van der Waals surface area contributed by atoms with Crippen LogP contribution in [0.15, 0.2) is 0 Å². The molecule has 0 saturated heterocycles. The smallest absolute Gasteiger partial charge is 0.323 e. The summed E-state index contributed by atoms with van der Waals surface area (Å²) in [6.07, 6.45) is 3.90. The summed E-state index contributed by atoms with van der Waals surface area (Å²) >= 11 is 1.80. The minimum Gasteiger partial charge on any atom is -0.465 e. The number of thioether (sulfide) groups is 1. The Kier molecular flexibility index (Phi) is 7.85. The zero-order valence-corrected chi connectivity index (χ0v) is 11.9. The van der Waals surface area contributed by atoms with Crippen molar-refractivity contribution in [2.45, 2.75) is 51.3 Å². The molecule has 3 nitrogen and oxygen atoms in total. The topological polar surface area (TPSA) is 38.3 Å². The standard InChI is InChI=1S/C12H25NO2S/c1-6-8-10(11(14)15-7-2)13-9-12(3,4)16-5/h10,13H,6-9H2,1-5H3. The number of carbonyl (C=O) groups excluding carboxylic acids is 1. The van der Waals surface area contributed by atoms with Crippen LogP contribution in [0.25, 0.3) is 0 Å². The van der Waals surface area contributed by atoms with E-state index in [9.17, 15) is 4.79 Å². The molecule has 96 valence electrons. The predicted molar refractivity (Wildman–Crippen MR) is 70.9 cm³/mol. The molecule has 0 aliphatic rings. The highest BCUT2D eigenvalue weighted by Gasteiger charge is 2.22. The second-order valence-corrected chi connectivity index (χ2v) is 5.95. The van der Waals surface area contributed by atoms with Gasteiger partial charge >= 0.3 is 5.97 Å². The molecular formula is C12H25NO2S. The molecule has 0 amide bonds. The molecule has 0 saturated carbocycles. The molecule has 0 aromatic heterocycles. The summed E-state index contributed by atoms with van der Waals surface area (Å²) < 4.78 is 5.20. The molecule has 0 rings (SSSR count). The van der Waals surface area contributed by atoms with Crippen LogP contribution in [0, 0.1) is 0 Å². The highest BCUT2D eigenvalue weighted by molar-refractivity contribution is 7.99. The molecule has 0 heterocycles. The Balaban J connectivity index is 4.17. The van der Waals surface area contributed by atoms with E-state index in [-0.39, 0.29) is 16.8 Å². The second-order valence-electron chi connectivity index (χ2n) is 4.44. The lowest BCUT2D eigenvalue weighted by Gasteiger charge is -2.25. The molecule has 1 N–H and O–H groups in total. The number of carbonyl (C=O) groups is 1. The van der Waals surface area contributed by atoms with Gasteiger partial charge in [-0.15, -0.1) is 0 Å². The predicted octanol–water partition coefficient (Wildman–Crippen LogP) is 2.45. The van der Waals surface area contributed by atoms with Gasteiger partial charge in [0.25, 0.3) is 0 Å². The zero-order valence-electron chi connectivity index (χ0n) is 11.1. The van der Waals surface area contributed by atoms with Gasteiger partial charge in [-0.2, -0.15) is 11.8 Å². The third-order valence-corrected chi connectivity index (χ3v) is 3.72. The molecule has 1 atom stereocenters. The van der Waals surface area contributed by atoms with Crippen LogP contribution < -0.4 is 5.32 Å². The number of rotatable bonds is 8. The van der Waals surface area contributed by atoms with Crippen molar-refractivity contribution in [3.05, 3.63) is 0 Å². The van der Waals surface area contributed by atoms with Gasteiger partial charge in [0.2, 0.25) is 0 Å². The van der Waals surface area contributed by atoms with Crippen molar-refractivity contribution >= 4 is 17.7 Å². The fourth-order valence-corrected chi connectivity index (χ4v) is 1.50. The highest BCUT2D eigenvalue weighted by atomic mass is 32.2. The Hall–Kier alpha value is -0.220. The van der Waals surface area contributed by atoms with E-state index in [1.165, 1.54) is 0 Å². The van der Waals surface area contributed by atoms with Gasteiger partial charge in [-0.25, -0.2) is 0 Å². The van der Waals surface area contributed by atoms with Crippen LogP contribution >= 0.6 is 11.8 Å². The lowest BCUT2D eigenvalue weighted by Crippen LogP contribution is -2.44. The van der Waals surface area contributed by atoms with Crippen LogP contribution in [0.1, 0.15) is 40.5 Å². The van der Waals surface area contributed by atoms with Crippen LogP contribution in [0.5, 0.6) is 0 Å². The lowest BCUT2D eigenvalue weighted by atomic mass is 10.1. The number of esters is 1. The minimum atomic E-state index is -0.156. The number of nitrogens with one attached hydrogen (secondary N) is 1. The molecule has 1 unspecified atom stereocenters. The van der Waals surface area contributed by atoms with Crippen molar-refractivity contribution < 1.29 is 9.53 Å². The third kappa shape index (κ3) is 6.38. The lowest BCUT2D eigenvalue weighted by molar-refractivity contribution is -0.145. The van der Waals surface area contributed by atoms with E-state index >= 15 is 0 Å². The summed E-state index contributed by atoms with van der Waals surface area (Å²) in [7, 11) is 0. The van der Waals surface area contributed by atoms with E-state index < -0.39 is 0 Å². The van der Waals surface area contributed by atoms with Crippen LogP contribution in [0.4, 0.5) is 0 Å². The number of hydrogen-bond donors (Lipinski definition) is 1. The molecule has 0 aromatic rings. The van der Waals surface area contributed by atoms with Crippen LogP contribution in [-0.2, 0) is 9.53 Å². The van der Waals surface area contributed by atoms with E-state index in [2.05, 4.69) is 32.3 Å². The largest absolute Gasteiger partial charge is 0.465 e. The number of hydrogen-bond acceptors (Lipinski definition) is 4. The fraction of sp³-hybridized carbons (Fsp3) is 0.917. The molecule has 0 bridgehead atoms. The van der Waals surface area contributed by atoms with Crippen molar-refractivity contribution in [1.29, 1.82) is 0 Å².